The lowest BCUT2D eigenvalue weighted by atomic mass is 9.86. The van der Waals surface area contributed by atoms with E-state index in [1.165, 1.54) is 5.56 Å². The molecule has 130 valence electrons. The Labute approximate surface area is 154 Å². The summed E-state index contributed by atoms with van der Waals surface area (Å²) in [6.07, 6.45) is 0. The molecule has 0 unspecified atom stereocenters. The summed E-state index contributed by atoms with van der Waals surface area (Å²) in [6.45, 7) is 6.47. The summed E-state index contributed by atoms with van der Waals surface area (Å²) in [5.74, 6) is -0.0481. The van der Waals surface area contributed by atoms with Gasteiger partial charge in [0.15, 0.2) is 5.78 Å². The van der Waals surface area contributed by atoms with Crippen molar-refractivity contribution in [1.82, 2.24) is 0 Å². The molecule has 0 bridgehead atoms. The minimum Gasteiger partial charge on any atom is -0.289 e. The molecule has 3 rings (SSSR count). The topological polar surface area (TPSA) is 41.8 Å². The van der Waals surface area contributed by atoms with Gasteiger partial charge in [-0.25, -0.2) is 0 Å². The van der Waals surface area contributed by atoms with Gasteiger partial charge in [0.1, 0.15) is 0 Å². The highest BCUT2D eigenvalue weighted by molar-refractivity contribution is 6.11. The van der Waals surface area contributed by atoms with E-state index in [0.29, 0.717) is 16.8 Å². The van der Waals surface area contributed by atoms with Crippen LogP contribution in [0.4, 0.5) is 11.4 Å². The lowest BCUT2D eigenvalue weighted by Crippen LogP contribution is -2.11. The summed E-state index contributed by atoms with van der Waals surface area (Å²) in [7, 11) is 0. The molecule has 0 amide bonds. The molecular weight excluding hydrogens is 320 g/mol. The molecule has 0 atom stereocenters. The van der Waals surface area contributed by atoms with E-state index in [0.717, 1.165) is 5.69 Å². The van der Waals surface area contributed by atoms with Gasteiger partial charge in [-0.3, -0.25) is 4.79 Å². The van der Waals surface area contributed by atoms with Crippen molar-refractivity contribution in [2.45, 2.75) is 26.2 Å². The smallest absolute Gasteiger partial charge is 0.195 e. The molecule has 3 heteroatoms. The van der Waals surface area contributed by atoms with Gasteiger partial charge in [0, 0.05) is 5.56 Å². The molecule has 3 nitrogen and oxygen atoms in total. The van der Waals surface area contributed by atoms with Crippen molar-refractivity contribution < 1.29 is 4.79 Å². The minimum atomic E-state index is -0.0481. The summed E-state index contributed by atoms with van der Waals surface area (Å²) >= 11 is 0. The van der Waals surface area contributed by atoms with Gasteiger partial charge in [-0.2, -0.15) is 5.11 Å². The number of nitrogens with zero attached hydrogens (tertiary/aromatic N) is 2. The quantitative estimate of drug-likeness (QED) is 0.387. The zero-order valence-electron chi connectivity index (χ0n) is 15.3. The molecule has 0 heterocycles. The highest BCUT2D eigenvalue weighted by atomic mass is 16.1. The van der Waals surface area contributed by atoms with Crippen LogP contribution >= 0.6 is 0 Å². The Hall–Kier alpha value is -3.07. The predicted octanol–water partition coefficient (Wildman–Crippen LogP) is 6.63. The van der Waals surface area contributed by atoms with Crippen LogP contribution < -0.4 is 0 Å². The molecule has 0 aliphatic heterocycles. The van der Waals surface area contributed by atoms with Crippen LogP contribution in [0.3, 0.4) is 0 Å². The van der Waals surface area contributed by atoms with Gasteiger partial charge in [-0.1, -0.05) is 75.4 Å². The monoisotopic (exact) mass is 342 g/mol. The fourth-order valence-corrected chi connectivity index (χ4v) is 2.64. The molecule has 0 spiro atoms. The third-order valence-electron chi connectivity index (χ3n) is 4.19. The lowest BCUT2D eigenvalue weighted by Gasteiger charge is -2.19. The molecule has 3 aromatic carbocycles. The normalized spacial score (nSPS) is 11.7. The second-order valence-corrected chi connectivity index (χ2v) is 7.21. The number of carbonyl (C=O) groups excluding carboxylic acids is 1. The van der Waals surface area contributed by atoms with Crippen LogP contribution in [0.1, 0.15) is 42.3 Å². The fraction of sp³-hybridized carbons (Fsp3) is 0.174. The van der Waals surface area contributed by atoms with Crippen LogP contribution in [0.25, 0.3) is 0 Å². The summed E-state index contributed by atoms with van der Waals surface area (Å²) in [4.78, 5) is 12.9. The molecule has 3 aromatic rings. The first-order chi connectivity index (χ1) is 12.4. The van der Waals surface area contributed by atoms with Crippen molar-refractivity contribution in [3.63, 3.8) is 0 Å². The van der Waals surface area contributed by atoms with E-state index < -0.39 is 0 Å². The first-order valence-electron chi connectivity index (χ1n) is 8.66. The van der Waals surface area contributed by atoms with Gasteiger partial charge >= 0.3 is 0 Å². The molecule has 0 N–H and O–H groups in total. The van der Waals surface area contributed by atoms with Crippen molar-refractivity contribution in [1.29, 1.82) is 0 Å². The Kier molecular flexibility index (Phi) is 5.08. The number of azo groups is 1. The van der Waals surface area contributed by atoms with Gasteiger partial charge in [-0.15, -0.1) is 5.11 Å². The summed E-state index contributed by atoms with van der Waals surface area (Å²) in [6, 6.07) is 24.6. The third-order valence-corrected chi connectivity index (χ3v) is 4.19. The Morgan fingerprint density at radius 2 is 1.35 bits per heavy atom. The number of hydrogen-bond donors (Lipinski definition) is 0. The largest absolute Gasteiger partial charge is 0.289 e. The van der Waals surface area contributed by atoms with Gasteiger partial charge in [-0.05, 0) is 35.2 Å². The van der Waals surface area contributed by atoms with Gasteiger partial charge < -0.3 is 0 Å². The maximum Gasteiger partial charge on any atom is 0.195 e. The minimum absolute atomic E-state index is 0.0481. The maximum atomic E-state index is 12.9. The Balaban J connectivity index is 1.90. The van der Waals surface area contributed by atoms with Crippen molar-refractivity contribution in [2.24, 2.45) is 10.2 Å². The van der Waals surface area contributed by atoms with E-state index in [9.17, 15) is 4.79 Å². The van der Waals surface area contributed by atoms with E-state index in [1.807, 2.05) is 72.8 Å². The molecule has 0 aliphatic carbocycles. The first kappa shape index (κ1) is 17.7. The Morgan fingerprint density at radius 3 is 2.00 bits per heavy atom. The molecular formula is C23H22N2O. The van der Waals surface area contributed by atoms with Crippen LogP contribution in [0.2, 0.25) is 0 Å². The lowest BCUT2D eigenvalue weighted by molar-refractivity contribution is 0.103. The average molecular weight is 342 g/mol. The average Bonchev–Trinajstić information content (AvgIpc) is 2.66. The van der Waals surface area contributed by atoms with E-state index in [4.69, 9.17) is 0 Å². The van der Waals surface area contributed by atoms with Crippen molar-refractivity contribution in [3.05, 3.63) is 95.6 Å². The molecule has 0 radical (unpaired) electrons. The van der Waals surface area contributed by atoms with Gasteiger partial charge in [0.05, 0.1) is 16.9 Å². The Bertz CT molecular complexity index is 920. The SMILES string of the molecule is CC(C)(C)c1ccc(C(=O)c2ccccc2N=Nc2ccccc2)cc1. The first-order valence-corrected chi connectivity index (χ1v) is 8.66. The predicted molar refractivity (Wildman–Crippen MR) is 106 cm³/mol. The molecule has 26 heavy (non-hydrogen) atoms. The number of ketones is 1. The second kappa shape index (κ2) is 7.44. The summed E-state index contributed by atoms with van der Waals surface area (Å²) in [5.41, 5.74) is 3.79. The molecule has 0 fully saturated rings. The zero-order chi connectivity index (χ0) is 18.6. The number of carbonyl (C=O) groups is 1. The van der Waals surface area contributed by atoms with Crippen LogP contribution in [-0.2, 0) is 5.41 Å². The summed E-state index contributed by atoms with van der Waals surface area (Å²) < 4.78 is 0. The van der Waals surface area contributed by atoms with Crippen LogP contribution in [0.15, 0.2) is 89.1 Å². The second-order valence-electron chi connectivity index (χ2n) is 7.21. The van der Waals surface area contributed by atoms with Crippen LogP contribution in [0, 0.1) is 0 Å². The van der Waals surface area contributed by atoms with Crippen molar-refractivity contribution in [2.75, 3.05) is 0 Å². The summed E-state index contributed by atoms with van der Waals surface area (Å²) in [5, 5.41) is 8.52. The number of rotatable bonds is 4. The number of hydrogen-bond acceptors (Lipinski definition) is 3. The third kappa shape index (κ3) is 4.12. The van der Waals surface area contributed by atoms with Crippen LogP contribution in [-0.4, -0.2) is 5.78 Å². The van der Waals surface area contributed by atoms with Crippen LogP contribution in [0.5, 0.6) is 0 Å². The Morgan fingerprint density at radius 1 is 0.731 bits per heavy atom. The molecule has 0 saturated carbocycles. The van der Waals surface area contributed by atoms with Gasteiger partial charge in [0.25, 0.3) is 0 Å². The zero-order valence-corrected chi connectivity index (χ0v) is 15.3. The highest BCUT2D eigenvalue weighted by Crippen LogP contribution is 2.26. The van der Waals surface area contributed by atoms with E-state index in [2.05, 4.69) is 31.0 Å². The fourth-order valence-electron chi connectivity index (χ4n) is 2.64. The molecule has 0 aliphatic rings. The highest BCUT2D eigenvalue weighted by Gasteiger charge is 2.16. The molecule has 0 saturated heterocycles. The number of benzene rings is 3. The van der Waals surface area contributed by atoms with E-state index >= 15 is 0 Å². The van der Waals surface area contributed by atoms with Crippen molar-refractivity contribution >= 4 is 17.2 Å². The van der Waals surface area contributed by atoms with Crippen molar-refractivity contribution in [3.8, 4) is 0 Å². The maximum absolute atomic E-state index is 12.9. The van der Waals surface area contributed by atoms with E-state index in [1.54, 1.807) is 6.07 Å². The van der Waals surface area contributed by atoms with E-state index in [-0.39, 0.29) is 11.2 Å². The molecule has 0 aromatic heterocycles. The standard InChI is InChI=1S/C23H22N2O/c1-23(2,3)18-15-13-17(14-16-18)22(26)20-11-7-8-12-21(20)25-24-19-9-5-4-6-10-19/h4-16H,1-3H3. The van der Waals surface area contributed by atoms with Gasteiger partial charge in [0.2, 0.25) is 0 Å².